The van der Waals surface area contributed by atoms with Gasteiger partial charge in [-0.2, -0.15) is 0 Å². The van der Waals surface area contributed by atoms with Crippen molar-refractivity contribution < 1.29 is 9.53 Å². The molecular formula is C26H32N2O2P+. The number of ether oxygens (including phenoxy) is 1. The average Bonchev–Trinajstić information content (AvgIpc) is 2.77. The monoisotopic (exact) mass is 435 g/mol. The third kappa shape index (κ3) is 6.15. The Balaban J connectivity index is 1.83. The standard InChI is InChI=1S/C26H31N2O2P/c1-26(2,3)30-25(29)28-20-12-13-21-31(22-14-6-4-7-15-22,23-16-8-5-9-17-23)24-18-10-11-19-27-24/h4-11,14-19H,12-13,20-21H2,1-3H3/p+1. The number of hydrogen-bond donors (Lipinski definition) is 1. The number of carbonyl (C=O) groups excluding carboxylic acids is 1. The second kappa shape index (κ2) is 10.5. The van der Waals surface area contributed by atoms with Crippen LogP contribution in [-0.4, -0.2) is 29.4 Å². The topological polar surface area (TPSA) is 51.2 Å². The molecule has 4 nitrogen and oxygen atoms in total. The van der Waals surface area contributed by atoms with Gasteiger partial charge < -0.3 is 10.1 Å². The summed E-state index contributed by atoms with van der Waals surface area (Å²) in [7, 11) is -1.91. The van der Waals surface area contributed by atoms with Crippen LogP contribution in [0, 0.1) is 0 Å². The van der Waals surface area contributed by atoms with Crippen LogP contribution in [0.2, 0.25) is 0 Å². The van der Waals surface area contributed by atoms with E-state index in [1.807, 2.05) is 33.0 Å². The Morgan fingerprint density at radius 1 is 0.871 bits per heavy atom. The van der Waals surface area contributed by atoms with E-state index >= 15 is 0 Å². The maximum absolute atomic E-state index is 11.9. The molecule has 0 aliphatic heterocycles. The number of benzene rings is 2. The van der Waals surface area contributed by atoms with Crippen LogP contribution < -0.4 is 21.4 Å². The van der Waals surface area contributed by atoms with E-state index in [1.165, 1.54) is 10.6 Å². The Labute approximate surface area is 186 Å². The first kappa shape index (κ1) is 23.0. The highest BCUT2D eigenvalue weighted by atomic mass is 31.2. The second-order valence-corrected chi connectivity index (χ2v) is 12.1. The molecule has 162 valence electrons. The lowest BCUT2D eigenvalue weighted by atomic mass is 10.2. The molecule has 0 unspecified atom stereocenters. The maximum Gasteiger partial charge on any atom is 0.407 e. The number of hydrogen-bond acceptors (Lipinski definition) is 3. The molecule has 0 atom stereocenters. The third-order valence-electron chi connectivity index (χ3n) is 5.02. The molecule has 31 heavy (non-hydrogen) atoms. The average molecular weight is 436 g/mol. The van der Waals surface area contributed by atoms with Crippen LogP contribution in [0.3, 0.4) is 0 Å². The zero-order valence-corrected chi connectivity index (χ0v) is 19.5. The van der Waals surface area contributed by atoms with Crippen molar-refractivity contribution in [3.8, 4) is 0 Å². The molecule has 0 saturated heterocycles. The summed E-state index contributed by atoms with van der Waals surface area (Å²) in [5, 5.41) is 5.55. The van der Waals surface area contributed by atoms with Gasteiger partial charge in [0.2, 0.25) is 0 Å². The highest BCUT2D eigenvalue weighted by molar-refractivity contribution is 7.95. The van der Waals surface area contributed by atoms with Crippen molar-refractivity contribution in [3.05, 3.63) is 85.1 Å². The molecule has 0 aliphatic rings. The van der Waals surface area contributed by atoms with Crippen molar-refractivity contribution in [3.63, 3.8) is 0 Å². The molecule has 0 saturated carbocycles. The van der Waals surface area contributed by atoms with Gasteiger partial charge in [-0.05, 0) is 63.9 Å². The molecule has 0 bridgehead atoms. The molecule has 0 fully saturated rings. The molecule has 5 heteroatoms. The van der Waals surface area contributed by atoms with E-state index in [2.05, 4.69) is 78.1 Å². The van der Waals surface area contributed by atoms with Crippen molar-refractivity contribution >= 4 is 29.4 Å². The lowest BCUT2D eigenvalue weighted by molar-refractivity contribution is 0.0527. The predicted molar refractivity (Wildman–Crippen MR) is 131 cm³/mol. The molecule has 2 aromatic carbocycles. The zero-order valence-electron chi connectivity index (χ0n) is 18.6. The minimum absolute atomic E-state index is 0.357. The van der Waals surface area contributed by atoms with E-state index in [4.69, 9.17) is 9.72 Å². The molecule has 1 heterocycles. The molecule has 0 radical (unpaired) electrons. The van der Waals surface area contributed by atoms with Gasteiger partial charge in [0.25, 0.3) is 0 Å². The van der Waals surface area contributed by atoms with Gasteiger partial charge in [0, 0.05) is 18.8 Å². The summed E-state index contributed by atoms with van der Waals surface area (Å²) >= 11 is 0. The number of rotatable bonds is 8. The summed E-state index contributed by atoms with van der Waals surface area (Å²) in [6.45, 7) is 6.22. The number of alkyl carbamates (subject to hydrolysis) is 1. The fourth-order valence-electron chi connectivity index (χ4n) is 3.71. The Bertz CT molecular complexity index is 845. The first-order valence-electron chi connectivity index (χ1n) is 10.8. The maximum atomic E-state index is 11.9. The number of carbonyl (C=O) groups is 1. The predicted octanol–water partition coefficient (Wildman–Crippen LogP) is 4.68. The summed E-state index contributed by atoms with van der Waals surface area (Å²) in [5.74, 6) is 0. The van der Waals surface area contributed by atoms with Crippen molar-refractivity contribution in [2.75, 3.05) is 12.7 Å². The highest BCUT2D eigenvalue weighted by Gasteiger charge is 2.45. The molecule has 3 aromatic rings. The van der Waals surface area contributed by atoms with Crippen LogP contribution in [0.1, 0.15) is 33.6 Å². The Kier molecular flexibility index (Phi) is 7.81. The van der Waals surface area contributed by atoms with E-state index in [1.54, 1.807) is 0 Å². The molecule has 0 spiro atoms. The zero-order chi connectivity index (χ0) is 22.2. The van der Waals surface area contributed by atoms with Crippen LogP contribution in [0.25, 0.3) is 0 Å². The van der Waals surface area contributed by atoms with E-state index in [0.717, 1.165) is 24.4 Å². The molecule has 3 rings (SSSR count). The number of unbranched alkanes of at least 4 members (excludes halogenated alkanes) is 1. The summed E-state index contributed by atoms with van der Waals surface area (Å²) in [5.41, 5.74) is 0.664. The van der Waals surface area contributed by atoms with E-state index in [-0.39, 0.29) is 6.09 Å². The van der Waals surface area contributed by atoms with Crippen molar-refractivity contribution in [1.82, 2.24) is 10.3 Å². The van der Waals surface area contributed by atoms with Gasteiger partial charge in [-0.3, -0.25) is 0 Å². The number of aromatic nitrogens is 1. The molecule has 1 amide bonds. The van der Waals surface area contributed by atoms with Crippen molar-refractivity contribution in [2.24, 2.45) is 0 Å². The van der Waals surface area contributed by atoms with E-state index in [0.29, 0.717) is 6.54 Å². The second-order valence-electron chi connectivity index (χ2n) is 8.53. The van der Waals surface area contributed by atoms with Crippen LogP contribution in [0.4, 0.5) is 4.79 Å². The highest BCUT2D eigenvalue weighted by Crippen LogP contribution is 2.55. The van der Waals surface area contributed by atoms with Gasteiger partial charge in [0.1, 0.15) is 23.5 Å². The van der Waals surface area contributed by atoms with Gasteiger partial charge in [0.05, 0.1) is 6.16 Å². The van der Waals surface area contributed by atoms with Crippen molar-refractivity contribution in [2.45, 2.75) is 39.2 Å². The summed E-state index contributed by atoms with van der Waals surface area (Å²) in [6.07, 6.45) is 4.38. The van der Waals surface area contributed by atoms with Crippen LogP contribution in [0.5, 0.6) is 0 Å². The SMILES string of the molecule is CC(C)(C)OC(=O)NCCCC[P+](c1ccccc1)(c1ccccc1)c1ccccn1. The first-order valence-corrected chi connectivity index (χ1v) is 12.8. The molecule has 0 aliphatic carbocycles. The fraction of sp³-hybridized carbons (Fsp3) is 0.308. The van der Waals surface area contributed by atoms with Gasteiger partial charge in [-0.1, -0.05) is 42.5 Å². The summed E-state index contributed by atoms with van der Waals surface area (Å²) in [4.78, 5) is 16.8. The third-order valence-corrected chi connectivity index (χ3v) is 9.42. The molecular weight excluding hydrogens is 403 g/mol. The van der Waals surface area contributed by atoms with Crippen LogP contribution >= 0.6 is 7.26 Å². The fourth-order valence-corrected chi connectivity index (χ4v) is 7.95. The molecule has 1 aromatic heterocycles. The Hall–Kier alpha value is -2.71. The number of pyridine rings is 1. The number of nitrogens with zero attached hydrogens (tertiary/aromatic N) is 1. The minimum Gasteiger partial charge on any atom is -0.444 e. The largest absolute Gasteiger partial charge is 0.444 e. The van der Waals surface area contributed by atoms with Gasteiger partial charge in [0.15, 0.2) is 5.44 Å². The number of amides is 1. The smallest absolute Gasteiger partial charge is 0.407 e. The lowest BCUT2D eigenvalue weighted by Crippen LogP contribution is -2.35. The number of nitrogens with one attached hydrogen (secondary N) is 1. The van der Waals surface area contributed by atoms with Crippen LogP contribution in [0.15, 0.2) is 85.1 Å². The quantitative estimate of drug-likeness (QED) is 0.413. The Morgan fingerprint density at radius 3 is 1.97 bits per heavy atom. The Morgan fingerprint density at radius 2 is 1.45 bits per heavy atom. The summed E-state index contributed by atoms with van der Waals surface area (Å²) < 4.78 is 5.34. The molecule has 1 N–H and O–H groups in total. The van der Waals surface area contributed by atoms with Crippen molar-refractivity contribution in [1.29, 1.82) is 0 Å². The minimum atomic E-state index is -1.91. The van der Waals surface area contributed by atoms with E-state index in [9.17, 15) is 4.79 Å². The van der Waals surface area contributed by atoms with Gasteiger partial charge in [-0.25, -0.2) is 9.78 Å². The van der Waals surface area contributed by atoms with Crippen LogP contribution in [-0.2, 0) is 4.74 Å². The van der Waals surface area contributed by atoms with Gasteiger partial charge >= 0.3 is 6.09 Å². The van der Waals surface area contributed by atoms with Gasteiger partial charge in [-0.15, -0.1) is 0 Å². The normalized spacial score (nSPS) is 11.7. The summed E-state index contributed by atoms with van der Waals surface area (Å²) in [6, 6.07) is 27.7. The lowest BCUT2D eigenvalue weighted by Gasteiger charge is -2.26. The first-order chi connectivity index (χ1) is 14.9. The van der Waals surface area contributed by atoms with E-state index < -0.39 is 12.9 Å².